The Labute approximate surface area is 108 Å². The van der Waals surface area contributed by atoms with Crippen LogP contribution in [0.3, 0.4) is 0 Å². The highest BCUT2D eigenvalue weighted by Crippen LogP contribution is 2.19. The van der Waals surface area contributed by atoms with Crippen molar-refractivity contribution in [1.29, 1.82) is 5.26 Å². The zero-order valence-corrected chi connectivity index (χ0v) is 10.6. The molecule has 0 bridgehead atoms. The third-order valence-electron chi connectivity index (χ3n) is 3.25. The molecule has 3 nitrogen and oxygen atoms in total. The van der Waals surface area contributed by atoms with Gasteiger partial charge in [-0.15, -0.1) is 0 Å². The van der Waals surface area contributed by atoms with Crippen LogP contribution < -0.4 is 10.1 Å². The maximum Gasteiger partial charge on any atom is 0.136 e. The van der Waals surface area contributed by atoms with Crippen LogP contribution in [-0.4, -0.2) is 13.2 Å². The van der Waals surface area contributed by atoms with Crippen molar-refractivity contribution in [2.24, 2.45) is 0 Å². The van der Waals surface area contributed by atoms with Crippen molar-refractivity contribution in [3.63, 3.8) is 0 Å². The monoisotopic (exact) mass is 242 g/mol. The zero-order chi connectivity index (χ0) is 12.8. The van der Waals surface area contributed by atoms with Gasteiger partial charge in [0.05, 0.1) is 12.7 Å². The van der Waals surface area contributed by atoms with Crippen molar-refractivity contribution in [2.45, 2.75) is 31.8 Å². The lowest BCUT2D eigenvalue weighted by molar-refractivity contribution is 0.413. The summed E-state index contributed by atoms with van der Waals surface area (Å²) < 4.78 is 5.13. The van der Waals surface area contributed by atoms with Gasteiger partial charge in [-0.25, -0.2) is 0 Å². The summed E-state index contributed by atoms with van der Waals surface area (Å²) in [4.78, 5) is 0. The fraction of sp³-hybridized carbons (Fsp3) is 0.400. The van der Waals surface area contributed by atoms with Crippen LogP contribution in [0.1, 0.15) is 30.4 Å². The number of nitriles is 1. The summed E-state index contributed by atoms with van der Waals surface area (Å²) in [5.74, 6) is 0.641. The van der Waals surface area contributed by atoms with Crippen LogP contribution in [0.4, 0.5) is 0 Å². The third-order valence-corrected chi connectivity index (χ3v) is 3.25. The quantitative estimate of drug-likeness (QED) is 0.826. The van der Waals surface area contributed by atoms with E-state index in [-0.39, 0.29) is 0 Å². The lowest BCUT2D eigenvalue weighted by atomic mass is 10.0. The van der Waals surface area contributed by atoms with Crippen molar-refractivity contribution in [2.75, 3.05) is 7.11 Å². The van der Waals surface area contributed by atoms with Crippen molar-refractivity contribution in [3.05, 3.63) is 41.5 Å². The number of hydrogen-bond acceptors (Lipinski definition) is 3. The Hall–Kier alpha value is -1.79. The van der Waals surface area contributed by atoms with Crippen molar-refractivity contribution >= 4 is 0 Å². The topological polar surface area (TPSA) is 45.0 Å². The number of benzene rings is 1. The van der Waals surface area contributed by atoms with Crippen LogP contribution in [0, 0.1) is 11.3 Å². The second-order valence-corrected chi connectivity index (χ2v) is 4.51. The molecule has 1 atom stereocenters. The molecule has 0 fully saturated rings. The highest BCUT2D eigenvalue weighted by atomic mass is 16.5. The maximum atomic E-state index is 9.03. The molecule has 1 aliphatic rings. The van der Waals surface area contributed by atoms with Gasteiger partial charge in [0.25, 0.3) is 0 Å². The number of allylic oxidation sites excluding steroid dienone is 1. The number of rotatable bonds is 4. The first-order valence-electron chi connectivity index (χ1n) is 6.29. The lowest BCUT2D eigenvalue weighted by Gasteiger charge is -2.19. The van der Waals surface area contributed by atoms with E-state index < -0.39 is 0 Å². The van der Waals surface area contributed by atoms with Crippen molar-refractivity contribution in [1.82, 2.24) is 5.32 Å². The van der Waals surface area contributed by atoms with Gasteiger partial charge in [-0.3, -0.25) is 0 Å². The molecule has 0 amide bonds. The molecule has 1 aromatic carbocycles. The molecule has 0 saturated heterocycles. The SMILES string of the molecule is COc1ccc(CNC2CC=CCC2)cc1C#N. The summed E-state index contributed by atoms with van der Waals surface area (Å²) in [5, 5.41) is 12.6. The number of methoxy groups -OCH3 is 1. The van der Waals surface area contributed by atoms with Crippen LogP contribution >= 0.6 is 0 Å². The smallest absolute Gasteiger partial charge is 0.136 e. The summed E-state index contributed by atoms with van der Waals surface area (Å²) in [5.41, 5.74) is 1.72. The Balaban J connectivity index is 1.97. The van der Waals surface area contributed by atoms with E-state index in [9.17, 15) is 0 Å². The van der Waals surface area contributed by atoms with Gasteiger partial charge < -0.3 is 10.1 Å². The molecule has 1 unspecified atom stereocenters. The highest BCUT2D eigenvalue weighted by Gasteiger charge is 2.09. The molecule has 3 heteroatoms. The first-order chi connectivity index (χ1) is 8.83. The molecule has 0 radical (unpaired) electrons. The average molecular weight is 242 g/mol. The Bertz CT molecular complexity index is 474. The molecule has 1 N–H and O–H groups in total. The summed E-state index contributed by atoms with van der Waals surface area (Å²) in [7, 11) is 1.59. The molecule has 94 valence electrons. The Morgan fingerprint density at radius 1 is 1.44 bits per heavy atom. The van der Waals surface area contributed by atoms with E-state index in [1.807, 2.05) is 18.2 Å². The minimum absolute atomic E-state index is 0.558. The molecule has 2 rings (SSSR count). The largest absolute Gasteiger partial charge is 0.495 e. The summed E-state index contributed by atoms with van der Waals surface area (Å²) in [6, 6.07) is 8.48. The van der Waals surface area contributed by atoms with Crippen LogP contribution in [0.5, 0.6) is 5.75 Å². The van der Waals surface area contributed by atoms with Gasteiger partial charge in [0.1, 0.15) is 11.8 Å². The summed E-state index contributed by atoms with van der Waals surface area (Å²) in [6.45, 7) is 0.803. The number of hydrogen-bond donors (Lipinski definition) is 1. The second-order valence-electron chi connectivity index (χ2n) is 4.51. The first-order valence-corrected chi connectivity index (χ1v) is 6.29. The number of ether oxygens (including phenoxy) is 1. The Morgan fingerprint density at radius 2 is 2.33 bits per heavy atom. The highest BCUT2D eigenvalue weighted by molar-refractivity contribution is 5.45. The minimum atomic E-state index is 0.558. The van der Waals surface area contributed by atoms with Gasteiger partial charge in [0.2, 0.25) is 0 Å². The molecule has 0 saturated carbocycles. The van der Waals surface area contributed by atoms with E-state index in [2.05, 4.69) is 23.5 Å². The van der Waals surface area contributed by atoms with E-state index in [1.54, 1.807) is 7.11 Å². The molecule has 0 heterocycles. The van der Waals surface area contributed by atoms with E-state index in [1.165, 1.54) is 6.42 Å². The van der Waals surface area contributed by atoms with Crippen LogP contribution in [0.15, 0.2) is 30.4 Å². The molecule has 1 aliphatic carbocycles. The Morgan fingerprint density at radius 3 is 3.00 bits per heavy atom. The molecule has 0 aromatic heterocycles. The van der Waals surface area contributed by atoms with E-state index in [0.717, 1.165) is 24.9 Å². The van der Waals surface area contributed by atoms with Gasteiger partial charge >= 0.3 is 0 Å². The Kier molecular flexibility index (Phi) is 4.38. The van der Waals surface area contributed by atoms with Gasteiger partial charge in [-0.2, -0.15) is 5.26 Å². The van der Waals surface area contributed by atoms with E-state index in [4.69, 9.17) is 10.00 Å². The maximum absolute atomic E-state index is 9.03. The van der Waals surface area contributed by atoms with E-state index in [0.29, 0.717) is 17.4 Å². The fourth-order valence-corrected chi connectivity index (χ4v) is 2.19. The predicted octanol–water partition coefficient (Wildman–Crippen LogP) is 2.77. The average Bonchev–Trinajstić information content (AvgIpc) is 2.45. The minimum Gasteiger partial charge on any atom is -0.495 e. The van der Waals surface area contributed by atoms with Crippen molar-refractivity contribution in [3.8, 4) is 11.8 Å². The number of nitrogens with one attached hydrogen (secondary N) is 1. The zero-order valence-electron chi connectivity index (χ0n) is 10.6. The lowest BCUT2D eigenvalue weighted by Crippen LogP contribution is -2.29. The molecular formula is C15H18N2O. The van der Waals surface area contributed by atoms with Crippen LogP contribution in [0.2, 0.25) is 0 Å². The molecule has 18 heavy (non-hydrogen) atoms. The third kappa shape index (κ3) is 3.12. The van der Waals surface area contributed by atoms with Gasteiger partial charge in [0.15, 0.2) is 0 Å². The van der Waals surface area contributed by atoms with Gasteiger partial charge in [-0.05, 0) is 37.0 Å². The van der Waals surface area contributed by atoms with Crippen molar-refractivity contribution < 1.29 is 4.74 Å². The molecule has 0 aliphatic heterocycles. The summed E-state index contributed by atoms with van der Waals surface area (Å²) in [6.07, 6.45) is 7.91. The number of nitrogens with zero attached hydrogens (tertiary/aromatic N) is 1. The molecule has 1 aromatic rings. The fourth-order valence-electron chi connectivity index (χ4n) is 2.19. The van der Waals surface area contributed by atoms with Crippen LogP contribution in [-0.2, 0) is 6.54 Å². The second kappa shape index (κ2) is 6.23. The predicted molar refractivity (Wildman–Crippen MR) is 71.3 cm³/mol. The normalized spacial score (nSPS) is 18.3. The first kappa shape index (κ1) is 12.7. The molecule has 0 spiro atoms. The molecular weight excluding hydrogens is 224 g/mol. The van der Waals surface area contributed by atoms with E-state index >= 15 is 0 Å². The van der Waals surface area contributed by atoms with Gasteiger partial charge in [-0.1, -0.05) is 18.2 Å². The van der Waals surface area contributed by atoms with Crippen LogP contribution in [0.25, 0.3) is 0 Å². The summed E-state index contributed by atoms with van der Waals surface area (Å²) >= 11 is 0. The van der Waals surface area contributed by atoms with Gasteiger partial charge in [0, 0.05) is 12.6 Å². The standard InChI is InChI=1S/C15H18N2O/c1-18-15-8-7-12(9-13(15)10-16)11-17-14-5-3-2-4-6-14/h2-3,7-9,14,17H,4-6,11H2,1H3.